The fourth-order valence-electron chi connectivity index (χ4n) is 4.03. The van der Waals surface area contributed by atoms with Crippen LogP contribution in [0.3, 0.4) is 0 Å². The number of hydrogen-bond acceptors (Lipinski definition) is 3. The minimum atomic E-state index is 0.845. The molecule has 0 bridgehead atoms. The molecular formula is C16H33N3. The Bertz CT molecular complexity index is 238. The third-order valence-corrected chi connectivity index (χ3v) is 5.01. The summed E-state index contributed by atoms with van der Waals surface area (Å²) in [4.78, 5) is 5.40. The minimum Gasteiger partial charge on any atom is -0.330 e. The van der Waals surface area contributed by atoms with E-state index < -0.39 is 0 Å². The Labute approximate surface area is 119 Å². The standard InChI is InChI=1S/C16H33N3/c1-14-11-15(2)13-16(12-14)19-9-7-18(8-10-19)6-4-3-5-17/h14-16H,3-13,17H2,1-2H3. The zero-order valence-electron chi connectivity index (χ0n) is 13.0. The molecule has 1 heterocycles. The molecule has 0 aromatic rings. The second kappa shape index (κ2) is 7.61. The lowest BCUT2D eigenvalue weighted by molar-refractivity contribution is 0.0559. The van der Waals surface area contributed by atoms with Crippen LogP contribution in [0.5, 0.6) is 0 Å². The average molecular weight is 267 g/mol. The summed E-state index contributed by atoms with van der Waals surface area (Å²) in [5.41, 5.74) is 5.56. The minimum absolute atomic E-state index is 0.845. The fraction of sp³-hybridized carbons (Fsp3) is 1.00. The molecule has 1 aliphatic carbocycles. The Kier molecular flexibility index (Phi) is 6.11. The molecule has 2 aliphatic rings. The second-order valence-corrected chi connectivity index (χ2v) is 6.94. The highest BCUT2D eigenvalue weighted by molar-refractivity contribution is 4.85. The Morgan fingerprint density at radius 3 is 2.11 bits per heavy atom. The van der Waals surface area contributed by atoms with Crippen molar-refractivity contribution in [1.29, 1.82) is 0 Å². The number of piperazine rings is 1. The van der Waals surface area contributed by atoms with Crippen LogP contribution < -0.4 is 5.73 Å². The number of unbranched alkanes of at least 4 members (excludes halogenated alkanes) is 1. The topological polar surface area (TPSA) is 32.5 Å². The highest BCUT2D eigenvalue weighted by Crippen LogP contribution is 2.31. The molecule has 3 nitrogen and oxygen atoms in total. The smallest absolute Gasteiger partial charge is 0.0113 e. The zero-order chi connectivity index (χ0) is 13.7. The van der Waals surface area contributed by atoms with Crippen molar-refractivity contribution in [1.82, 2.24) is 9.80 Å². The lowest BCUT2D eigenvalue weighted by Gasteiger charge is -2.43. The quantitative estimate of drug-likeness (QED) is 0.775. The molecule has 0 aromatic heterocycles. The molecule has 112 valence electrons. The van der Waals surface area contributed by atoms with E-state index in [0.717, 1.165) is 24.4 Å². The summed E-state index contributed by atoms with van der Waals surface area (Å²) in [6.07, 6.45) is 6.75. The summed E-state index contributed by atoms with van der Waals surface area (Å²) >= 11 is 0. The first-order valence-corrected chi connectivity index (χ1v) is 8.35. The van der Waals surface area contributed by atoms with Gasteiger partial charge in [-0.05, 0) is 57.0 Å². The number of nitrogens with zero attached hydrogens (tertiary/aromatic N) is 2. The van der Waals surface area contributed by atoms with E-state index >= 15 is 0 Å². The van der Waals surface area contributed by atoms with Gasteiger partial charge < -0.3 is 10.6 Å². The maximum absolute atomic E-state index is 5.56. The normalized spacial score (nSPS) is 34.6. The first-order valence-electron chi connectivity index (χ1n) is 8.35. The van der Waals surface area contributed by atoms with Gasteiger partial charge in [0.2, 0.25) is 0 Å². The van der Waals surface area contributed by atoms with Crippen molar-refractivity contribution in [2.45, 2.75) is 52.0 Å². The van der Waals surface area contributed by atoms with Crippen LogP contribution in [0.2, 0.25) is 0 Å². The highest BCUT2D eigenvalue weighted by Gasteiger charge is 2.30. The van der Waals surface area contributed by atoms with Crippen molar-refractivity contribution in [3.05, 3.63) is 0 Å². The van der Waals surface area contributed by atoms with E-state index in [0.29, 0.717) is 0 Å². The molecule has 0 radical (unpaired) electrons. The molecule has 2 unspecified atom stereocenters. The van der Waals surface area contributed by atoms with Gasteiger partial charge >= 0.3 is 0 Å². The van der Waals surface area contributed by atoms with Gasteiger partial charge in [0.15, 0.2) is 0 Å². The van der Waals surface area contributed by atoms with Crippen LogP contribution >= 0.6 is 0 Å². The summed E-state index contributed by atoms with van der Waals surface area (Å²) in [7, 11) is 0. The predicted octanol–water partition coefficient (Wildman–Crippen LogP) is 2.17. The van der Waals surface area contributed by atoms with Gasteiger partial charge in [-0.15, -0.1) is 0 Å². The van der Waals surface area contributed by atoms with Crippen LogP contribution in [-0.2, 0) is 0 Å². The molecule has 19 heavy (non-hydrogen) atoms. The summed E-state index contributed by atoms with van der Waals surface area (Å²) in [6, 6.07) is 0.866. The van der Waals surface area contributed by atoms with Crippen molar-refractivity contribution < 1.29 is 0 Å². The second-order valence-electron chi connectivity index (χ2n) is 6.94. The molecule has 1 aliphatic heterocycles. The highest BCUT2D eigenvalue weighted by atomic mass is 15.3. The first kappa shape index (κ1) is 15.3. The summed E-state index contributed by atoms with van der Waals surface area (Å²) in [5, 5.41) is 0. The molecule has 2 rings (SSSR count). The number of rotatable bonds is 5. The van der Waals surface area contributed by atoms with Crippen molar-refractivity contribution in [2.75, 3.05) is 39.3 Å². The fourth-order valence-corrected chi connectivity index (χ4v) is 4.03. The van der Waals surface area contributed by atoms with E-state index in [4.69, 9.17) is 5.73 Å². The maximum atomic E-state index is 5.56. The van der Waals surface area contributed by atoms with Crippen molar-refractivity contribution in [3.8, 4) is 0 Å². The third-order valence-electron chi connectivity index (χ3n) is 5.01. The Morgan fingerprint density at radius 1 is 0.895 bits per heavy atom. The van der Waals surface area contributed by atoms with Crippen molar-refractivity contribution in [3.63, 3.8) is 0 Å². The predicted molar refractivity (Wildman–Crippen MR) is 82.3 cm³/mol. The van der Waals surface area contributed by atoms with Gasteiger partial charge in [0, 0.05) is 32.2 Å². The van der Waals surface area contributed by atoms with Gasteiger partial charge in [0.25, 0.3) is 0 Å². The zero-order valence-corrected chi connectivity index (χ0v) is 13.0. The van der Waals surface area contributed by atoms with Crippen molar-refractivity contribution in [2.24, 2.45) is 17.6 Å². The molecule has 2 N–H and O–H groups in total. The summed E-state index contributed by atoms with van der Waals surface area (Å²) in [5.74, 6) is 1.85. The van der Waals surface area contributed by atoms with Gasteiger partial charge in [-0.2, -0.15) is 0 Å². The van der Waals surface area contributed by atoms with Gasteiger partial charge in [-0.25, -0.2) is 0 Å². The largest absolute Gasteiger partial charge is 0.330 e. The van der Waals surface area contributed by atoms with Gasteiger partial charge in [-0.3, -0.25) is 4.90 Å². The van der Waals surface area contributed by atoms with Crippen LogP contribution in [0.1, 0.15) is 46.0 Å². The Morgan fingerprint density at radius 2 is 1.53 bits per heavy atom. The molecular weight excluding hydrogens is 234 g/mol. The van der Waals surface area contributed by atoms with Gasteiger partial charge in [-0.1, -0.05) is 13.8 Å². The van der Waals surface area contributed by atoms with E-state index in [1.54, 1.807) is 0 Å². The van der Waals surface area contributed by atoms with Crippen LogP contribution in [0.4, 0.5) is 0 Å². The molecule has 2 fully saturated rings. The van der Waals surface area contributed by atoms with E-state index in [-0.39, 0.29) is 0 Å². The van der Waals surface area contributed by atoms with Gasteiger partial charge in [0.1, 0.15) is 0 Å². The molecule has 0 aromatic carbocycles. The Hall–Kier alpha value is -0.120. The van der Waals surface area contributed by atoms with E-state index in [9.17, 15) is 0 Å². The van der Waals surface area contributed by atoms with Crippen LogP contribution in [0, 0.1) is 11.8 Å². The molecule has 0 amide bonds. The average Bonchev–Trinajstić information content (AvgIpc) is 2.39. The Balaban J connectivity index is 1.70. The SMILES string of the molecule is CC1CC(C)CC(N2CCN(CCCCN)CC2)C1. The van der Waals surface area contributed by atoms with Crippen molar-refractivity contribution >= 4 is 0 Å². The molecule has 0 spiro atoms. The van der Waals surface area contributed by atoms with Crippen LogP contribution in [-0.4, -0.2) is 55.1 Å². The third kappa shape index (κ3) is 4.73. The van der Waals surface area contributed by atoms with E-state index in [1.165, 1.54) is 64.8 Å². The van der Waals surface area contributed by atoms with Crippen LogP contribution in [0.25, 0.3) is 0 Å². The molecule has 2 atom stereocenters. The van der Waals surface area contributed by atoms with Crippen LogP contribution in [0.15, 0.2) is 0 Å². The molecule has 1 saturated carbocycles. The van der Waals surface area contributed by atoms with E-state index in [1.807, 2.05) is 0 Å². The first-order chi connectivity index (χ1) is 9.19. The lowest BCUT2D eigenvalue weighted by Crippen LogP contribution is -2.52. The summed E-state index contributed by atoms with van der Waals surface area (Å²) in [6.45, 7) is 12.1. The number of nitrogens with two attached hydrogens (primary N) is 1. The molecule has 1 saturated heterocycles. The molecule has 3 heteroatoms. The maximum Gasteiger partial charge on any atom is 0.0113 e. The lowest BCUT2D eigenvalue weighted by atomic mass is 9.79. The number of hydrogen-bond donors (Lipinski definition) is 1. The van der Waals surface area contributed by atoms with E-state index in [2.05, 4.69) is 23.6 Å². The van der Waals surface area contributed by atoms with Gasteiger partial charge in [0.05, 0.1) is 0 Å². The summed E-state index contributed by atoms with van der Waals surface area (Å²) < 4.78 is 0. The monoisotopic (exact) mass is 267 g/mol.